The van der Waals surface area contributed by atoms with Crippen molar-refractivity contribution in [3.05, 3.63) is 29.5 Å². The van der Waals surface area contributed by atoms with Gasteiger partial charge >= 0.3 is 6.18 Å². The molecule has 0 amide bonds. The summed E-state index contributed by atoms with van der Waals surface area (Å²) < 4.78 is 42.1. The van der Waals surface area contributed by atoms with Crippen molar-refractivity contribution in [1.29, 1.82) is 0 Å². The quantitative estimate of drug-likeness (QED) is 0.656. The van der Waals surface area contributed by atoms with Gasteiger partial charge in [-0.2, -0.15) is 17.5 Å². The number of fused-ring (bicyclic) bond motifs is 1. The molecule has 0 radical (unpaired) electrons. The molecule has 0 saturated carbocycles. The average Bonchev–Trinajstić information content (AvgIpc) is 2.46. The molecule has 0 bridgehead atoms. The standard InChI is InChI=1S/C9H6F3NS/c1-5-8-6(9(10,11)12)3-2-4-7(8)14-13-5/h2-4H,1H3. The topological polar surface area (TPSA) is 12.9 Å². The van der Waals surface area contributed by atoms with Gasteiger partial charge in [0, 0.05) is 5.39 Å². The first-order chi connectivity index (χ1) is 6.50. The first-order valence-corrected chi connectivity index (χ1v) is 4.69. The molecule has 2 rings (SSSR count). The van der Waals surface area contributed by atoms with Gasteiger partial charge in [-0.05, 0) is 30.6 Å². The zero-order chi connectivity index (χ0) is 10.3. The second kappa shape index (κ2) is 2.95. The van der Waals surface area contributed by atoms with Crippen molar-refractivity contribution in [1.82, 2.24) is 4.37 Å². The average molecular weight is 217 g/mol. The smallest absolute Gasteiger partial charge is 0.197 e. The molecule has 1 aromatic carbocycles. The molecule has 0 fully saturated rings. The lowest BCUT2D eigenvalue weighted by molar-refractivity contribution is -0.136. The molecule has 5 heteroatoms. The maximum atomic E-state index is 12.6. The Kier molecular flexibility index (Phi) is 1.99. The van der Waals surface area contributed by atoms with Crippen LogP contribution in [0, 0.1) is 6.92 Å². The fraction of sp³-hybridized carbons (Fsp3) is 0.222. The minimum Gasteiger partial charge on any atom is -0.197 e. The molecule has 14 heavy (non-hydrogen) atoms. The number of benzene rings is 1. The van der Waals surface area contributed by atoms with Crippen LogP contribution in [0.2, 0.25) is 0 Å². The minimum atomic E-state index is -4.30. The van der Waals surface area contributed by atoms with Crippen molar-refractivity contribution in [3.8, 4) is 0 Å². The predicted molar refractivity (Wildman–Crippen MR) is 49.4 cm³/mol. The Morgan fingerprint density at radius 2 is 2.00 bits per heavy atom. The summed E-state index contributed by atoms with van der Waals surface area (Å²) in [6.45, 7) is 1.59. The minimum absolute atomic E-state index is 0.227. The molecule has 0 aliphatic carbocycles. The van der Waals surface area contributed by atoms with Crippen LogP contribution >= 0.6 is 11.5 Å². The summed E-state index contributed by atoms with van der Waals surface area (Å²) in [6.07, 6.45) is -4.30. The lowest BCUT2D eigenvalue weighted by Crippen LogP contribution is -2.05. The zero-order valence-electron chi connectivity index (χ0n) is 7.22. The first kappa shape index (κ1) is 9.45. The molecule has 0 spiro atoms. The van der Waals surface area contributed by atoms with Crippen molar-refractivity contribution in [3.63, 3.8) is 0 Å². The van der Waals surface area contributed by atoms with E-state index in [9.17, 15) is 13.2 Å². The van der Waals surface area contributed by atoms with Gasteiger partial charge < -0.3 is 0 Å². The highest BCUT2D eigenvalue weighted by atomic mass is 32.1. The van der Waals surface area contributed by atoms with Crippen LogP contribution in [-0.2, 0) is 6.18 Å². The number of nitrogens with zero attached hydrogens (tertiary/aromatic N) is 1. The molecule has 0 N–H and O–H groups in total. The van der Waals surface area contributed by atoms with Crippen molar-refractivity contribution < 1.29 is 13.2 Å². The summed E-state index contributed by atoms with van der Waals surface area (Å²) in [5, 5.41) is 0.227. The van der Waals surface area contributed by atoms with Crippen molar-refractivity contribution in [2.75, 3.05) is 0 Å². The molecule has 0 unspecified atom stereocenters. The monoisotopic (exact) mass is 217 g/mol. The van der Waals surface area contributed by atoms with Gasteiger partial charge in [0.05, 0.1) is 16.0 Å². The summed E-state index contributed by atoms with van der Waals surface area (Å²) in [5.74, 6) is 0. The van der Waals surface area contributed by atoms with E-state index in [0.29, 0.717) is 10.4 Å². The zero-order valence-corrected chi connectivity index (χ0v) is 8.04. The van der Waals surface area contributed by atoms with Crippen LogP contribution in [0.1, 0.15) is 11.3 Å². The van der Waals surface area contributed by atoms with Gasteiger partial charge in [0.15, 0.2) is 0 Å². The van der Waals surface area contributed by atoms with E-state index in [1.807, 2.05) is 0 Å². The van der Waals surface area contributed by atoms with Gasteiger partial charge in [-0.25, -0.2) is 0 Å². The van der Waals surface area contributed by atoms with E-state index in [-0.39, 0.29) is 5.39 Å². The largest absolute Gasteiger partial charge is 0.417 e. The normalized spacial score (nSPS) is 12.3. The van der Waals surface area contributed by atoms with Gasteiger partial charge in [0.2, 0.25) is 0 Å². The van der Waals surface area contributed by atoms with E-state index in [1.54, 1.807) is 13.0 Å². The molecule has 1 aromatic heterocycles. The third-order valence-corrected chi connectivity index (χ3v) is 2.88. The Balaban J connectivity index is 2.82. The van der Waals surface area contributed by atoms with Crippen LogP contribution in [0.4, 0.5) is 13.2 Å². The van der Waals surface area contributed by atoms with Crippen LogP contribution < -0.4 is 0 Å². The van der Waals surface area contributed by atoms with E-state index in [0.717, 1.165) is 17.6 Å². The molecule has 0 aliphatic heterocycles. The lowest BCUT2D eigenvalue weighted by atomic mass is 10.1. The van der Waals surface area contributed by atoms with Gasteiger partial charge in [0.25, 0.3) is 0 Å². The molecule has 1 heterocycles. The molecule has 0 saturated heterocycles. The predicted octanol–water partition coefficient (Wildman–Crippen LogP) is 3.62. The van der Waals surface area contributed by atoms with Crippen LogP contribution in [0.25, 0.3) is 10.1 Å². The van der Waals surface area contributed by atoms with Gasteiger partial charge in [0.1, 0.15) is 0 Å². The summed E-state index contributed by atoms with van der Waals surface area (Å²) in [4.78, 5) is 0. The molecule has 2 aromatic rings. The van der Waals surface area contributed by atoms with E-state index in [4.69, 9.17) is 0 Å². The maximum Gasteiger partial charge on any atom is 0.417 e. The highest BCUT2D eigenvalue weighted by Gasteiger charge is 2.33. The maximum absolute atomic E-state index is 12.6. The fourth-order valence-electron chi connectivity index (χ4n) is 1.38. The van der Waals surface area contributed by atoms with Crippen LogP contribution in [0.15, 0.2) is 18.2 Å². The Morgan fingerprint density at radius 1 is 1.29 bits per heavy atom. The molecule has 0 atom stereocenters. The first-order valence-electron chi connectivity index (χ1n) is 3.92. The highest BCUT2D eigenvalue weighted by Crippen LogP contribution is 2.37. The number of hydrogen-bond acceptors (Lipinski definition) is 2. The third-order valence-electron chi connectivity index (χ3n) is 1.97. The van der Waals surface area contributed by atoms with Gasteiger partial charge in [-0.3, -0.25) is 0 Å². The van der Waals surface area contributed by atoms with E-state index in [1.165, 1.54) is 6.07 Å². The van der Waals surface area contributed by atoms with Gasteiger partial charge in [-0.15, -0.1) is 0 Å². The number of rotatable bonds is 0. The number of aryl methyl sites for hydroxylation is 1. The molecule has 1 nitrogen and oxygen atoms in total. The van der Waals surface area contributed by atoms with E-state index in [2.05, 4.69) is 4.37 Å². The van der Waals surface area contributed by atoms with E-state index < -0.39 is 11.7 Å². The number of halogens is 3. The fourth-order valence-corrected chi connectivity index (χ4v) is 2.19. The van der Waals surface area contributed by atoms with E-state index >= 15 is 0 Å². The summed E-state index contributed by atoms with van der Waals surface area (Å²) in [6, 6.07) is 4.14. The molecule has 74 valence electrons. The van der Waals surface area contributed by atoms with Gasteiger partial charge in [-0.1, -0.05) is 6.07 Å². The molecular formula is C9H6F3NS. The second-order valence-electron chi connectivity index (χ2n) is 2.94. The number of aromatic nitrogens is 1. The Labute approximate surface area is 82.3 Å². The summed E-state index contributed by atoms with van der Waals surface area (Å²) in [7, 11) is 0. The van der Waals surface area contributed by atoms with Crippen molar-refractivity contribution in [2.24, 2.45) is 0 Å². The second-order valence-corrected chi connectivity index (χ2v) is 3.75. The highest BCUT2D eigenvalue weighted by molar-refractivity contribution is 7.13. The van der Waals surface area contributed by atoms with Crippen molar-refractivity contribution in [2.45, 2.75) is 13.1 Å². The third kappa shape index (κ3) is 1.37. The Morgan fingerprint density at radius 3 is 2.64 bits per heavy atom. The van der Waals surface area contributed by atoms with Crippen molar-refractivity contribution >= 4 is 21.6 Å². The number of hydrogen-bond donors (Lipinski definition) is 0. The molecular weight excluding hydrogens is 211 g/mol. The number of alkyl halides is 3. The Hall–Kier alpha value is -1.10. The lowest BCUT2D eigenvalue weighted by Gasteiger charge is -2.07. The summed E-state index contributed by atoms with van der Waals surface area (Å²) in [5.41, 5.74) is -0.154. The summed E-state index contributed by atoms with van der Waals surface area (Å²) >= 11 is 1.09. The van der Waals surface area contributed by atoms with Crippen LogP contribution in [0.3, 0.4) is 0 Å². The molecule has 0 aliphatic rings. The Bertz CT molecular complexity index is 472. The van der Waals surface area contributed by atoms with Crippen LogP contribution in [-0.4, -0.2) is 4.37 Å². The van der Waals surface area contributed by atoms with Crippen LogP contribution in [0.5, 0.6) is 0 Å². The SMILES string of the molecule is Cc1nsc2cccc(C(F)(F)F)c12.